The van der Waals surface area contributed by atoms with E-state index in [1.54, 1.807) is 18.5 Å². The van der Waals surface area contributed by atoms with E-state index in [9.17, 15) is 4.79 Å². The van der Waals surface area contributed by atoms with Crippen LogP contribution in [0, 0.1) is 0 Å². The van der Waals surface area contributed by atoms with Gasteiger partial charge in [-0.15, -0.1) is 0 Å². The Hall–Kier alpha value is -3.15. The third-order valence-electron chi connectivity index (χ3n) is 5.44. The molecule has 0 bridgehead atoms. The molecule has 6 nitrogen and oxygen atoms in total. The van der Waals surface area contributed by atoms with Gasteiger partial charge in [0.15, 0.2) is 5.82 Å². The minimum absolute atomic E-state index is 0.0567. The first-order chi connectivity index (χ1) is 12.8. The van der Waals surface area contributed by atoms with E-state index in [0.717, 1.165) is 24.3 Å². The molecule has 2 aliphatic heterocycles. The van der Waals surface area contributed by atoms with Crippen molar-refractivity contribution in [3.05, 3.63) is 72.4 Å². The van der Waals surface area contributed by atoms with Crippen LogP contribution in [0.5, 0.6) is 0 Å². The van der Waals surface area contributed by atoms with Crippen molar-refractivity contribution in [2.45, 2.75) is 18.4 Å². The number of nitrogens with zero attached hydrogens (tertiary/aromatic N) is 4. The van der Waals surface area contributed by atoms with E-state index in [0.29, 0.717) is 18.7 Å². The predicted molar refractivity (Wildman–Crippen MR) is 98.2 cm³/mol. The quantitative estimate of drug-likeness (QED) is 0.737. The molecule has 1 amide bonds. The van der Waals surface area contributed by atoms with E-state index in [1.807, 2.05) is 23.2 Å². The number of rotatable bonds is 1. The minimum atomic E-state index is -0.161. The van der Waals surface area contributed by atoms with Crippen molar-refractivity contribution in [3.63, 3.8) is 0 Å². The summed E-state index contributed by atoms with van der Waals surface area (Å²) in [5.74, 6) is 0.994. The molecule has 1 N–H and O–H groups in total. The van der Waals surface area contributed by atoms with Gasteiger partial charge < -0.3 is 14.8 Å². The Kier molecular flexibility index (Phi) is 3.31. The van der Waals surface area contributed by atoms with Crippen molar-refractivity contribution in [2.24, 2.45) is 0 Å². The molecule has 1 fully saturated rings. The summed E-state index contributed by atoms with van der Waals surface area (Å²) in [5, 5.41) is 3.72. The van der Waals surface area contributed by atoms with E-state index in [4.69, 9.17) is 0 Å². The first-order valence-corrected chi connectivity index (χ1v) is 8.88. The van der Waals surface area contributed by atoms with Gasteiger partial charge in [-0.25, -0.2) is 4.98 Å². The second kappa shape index (κ2) is 5.69. The summed E-state index contributed by atoms with van der Waals surface area (Å²) >= 11 is 0. The number of hydrogen-bond donors (Lipinski definition) is 1. The monoisotopic (exact) mass is 345 g/mol. The average molecular weight is 345 g/mol. The van der Waals surface area contributed by atoms with Crippen LogP contribution in [0.3, 0.4) is 0 Å². The maximum Gasteiger partial charge on any atom is 0.255 e. The highest BCUT2D eigenvalue weighted by atomic mass is 16.2. The van der Waals surface area contributed by atoms with Gasteiger partial charge in [0, 0.05) is 43.6 Å². The van der Waals surface area contributed by atoms with Crippen LogP contribution < -0.4 is 5.32 Å². The Labute approximate surface area is 151 Å². The van der Waals surface area contributed by atoms with Crippen molar-refractivity contribution in [1.29, 1.82) is 0 Å². The largest absolute Gasteiger partial charge is 0.371 e. The van der Waals surface area contributed by atoms with E-state index in [-0.39, 0.29) is 11.4 Å². The van der Waals surface area contributed by atoms with Gasteiger partial charge in [0.05, 0.1) is 16.8 Å². The Morgan fingerprint density at radius 1 is 1.08 bits per heavy atom. The molecule has 0 aliphatic carbocycles. The van der Waals surface area contributed by atoms with Gasteiger partial charge in [0.1, 0.15) is 0 Å². The molecular formula is C20H19N5O. The van der Waals surface area contributed by atoms with Gasteiger partial charge in [-0.2, -0.15) is 0 Å². The Balaban J connectivity index is 1.43. The lowest BCUT2D eigenvalue weighted by atomic mass is 9.82. The molecule has 26 heavy (non-hydrogen) atoms. The number of anilines is 1. The zero-order valence-electron chi connectivity index (χ0n) is 14.3. The average Bonchev–Trinajstić information content (AvgIpc) is 3.20. The number of amides is 1. The van der Waals surface area contributed by atoms with Gasteiger partial charge in [0.2, 0.25) is 0 Å². The molecule has 5 rings (SSSR count). The van der Waals surface area contributed by atoms with Crippen LogP contribution in [0.4, 0.5) is 5.69 Å². The highest BCUT2D eigenvalue weighted by Gasteiger charge is 2.42. The van der Waals surface area contributed by atoms with Crippen molar-refractivity contribution in [1.82, 2.24) is 19.4 Å². The fourth-order valence-electron chi connectivity index (χ4n) is 4.11. The summed E-state index contributed by atoms with van der Waals surface area (Å²) in [6, 6.07) is 11.9. The molecule has 3 aromatic rings. The Bertz CT molecular complexity index is 957. The minimum Gasteiger partial charge on any atom is -0.371 e. The smallest absolute Gasteiger partial charge is 0.255 e. The van der Waals surface area contributed by atoms with E-state index < -0.39 is 0 Å². The topological polar surface area (TPSA) is 63.1 Å². The summed E-state index contributed by atoms with van der Waals surface area (Å²) in [5.41, 5.74) is 2.75. The molecule has 1 spiro atoms. The van der Waals surface area contributed by atoms with Crippen molar-refractivity contribution in [2.75, 3.05) is 18.4 Å². The maximum absolute atomic E-state index is 12.7. The predicted octanol–water partition coefficient (Wildman–Crippen LogP) is 2.82. The highest BCUT2D eigenvalue weighted by Crippen LogP contribution is 2.42. The summed E-state index contributed by atoms with van der Waals surface area (Å²) < 4.78 is 2.17. The van der Waals surface area contributed by atoms with Gasteiger partial charge in [-0.1, -0.05) is 0 Å². The Morgan fingerprint density at radius 2 is 1.92 bits per heavy atom. The van der Waals surface area contributed by atoms with Crippen LogP contribution in [-0.2, 0) is 5.54 Å². The molecule has 5 heterocycles. The molecule has 0 atom stereocenters. The lowest BCUT2D eigenvalue weighted by molar-refractivity contribution is 0.0676. The van der Waals surface area contributed by atoms with Crippen LogP contribution in [0.2, 0.25) is 0 Å². The molecule has 0 unspecified atom stereocenters. The third kappa shape index (κ3) is 2.22. The zero-order valence-corrected chi connectivity index (χ0v) is 14.3. The number of aromatic nitrogens is 3. The number of piperidine rings is 1. The number of nitrogens with one attached hydrogen (secondary N) is 1. The molecule has 0 radical (unpaired) electrons. The fourth-order valence-corrected chi connectivity index (χ4v) is 4.11. The lowest BCUT2D eigenvalue weighted by Gasteiger charge is -2.45. The normalized spacial score (nSPS) is 17.3. The third-order valence-corrected chi connectivity index (χ3v) is 5.44. The molecular weight excluding hydrogens is 326 g/mol. The van der Waals surface area contributed by atoms with E-state index >= 15 is 0 Å². The van der Waals surface area contributed by atoms with Gasteiger partial charge >= 0.3 is 0 Å². The summed E-state index contributed by atoms with van der Waals surface area (Å²) in [4.78, 5) is 23.2. The number of carbonyl (C=O) groups excluding carboxylic acids is 1. The lowest BCUT2D eigenvalue weighted by Crippen LogP contribution is -2.51. The number of fused-ring (bicyclic) bond motifs is 4. The summed E-state index contributed by atoms with van der Waals surface area (Å²) in [6.07, 6.45) is 8.93. The first kappa shape index (κ1) is 15.1. The van der Waals surface area contributed by atoms with Crippen LogP contribution in [0.25, 0.3) is 5.82 Å². The van der Waals surface area contributed by atoms with Gasteiger partial charge in [-0.3, -0.25) is 9.78 Å². The number of likely N-dealkylation sites (tertiary alicyclic amines) is 1. The second-order valence-electron chi connectivity index (χ2n) is 6.88. The van der Waals surface area contributed by atoms with Crippen molar-refractivity contribution >= 4 is 11.6 Å². The van der Waals surface area contributed by atoms with Crippen molar-refractivity contribution in [3.8, 4) is 5.82 Å². The zero-order chi connectivity index (χ0) is 17.6. The number of carbonyl (C=O) groups is 1. The van der Waals surface area contributed by atoms with E-state index in [1.165, 1.54) is 5.69 Å². The molecule has 2 aliphatic rings. The van der Waals surface area contributed by atoms with E-state index in [2.05, 4.69) is 44.2 Å². The molecule has 0 aromatic carbocycles. The second-order valence-corrected chi connectivity index (χ2v) is 6.88. The van der Waals surface area contributed by atoms with Gasteiger partial charge in [0.25, 0.3) is 5.91 Å². The first-order valence-electron chi connectivity index (χ1n) is 8.88. The molecule has 1 saturated heterocycles. The molecule has 130 valence electrons. The summed E-state index contributed by atoms with van der Waals surface area (Å²) in [6.45, 7) is 1.42. The fraction of sp³-hybridized carbons (Fsp3) is 0.250. The molecule has 3 aromatic heterocycles. The van der Waals surface area contributed by atoms with Crippen LogP contribution in [-0.4, -0.2) is 38.4 Å². The SMILES string of the molecule is O=C(c1cccnc1)N1CCC2(CC1)Nc1cccnc1-n1cccc12. The number of hydrogen-bond acceptors (Lipinski definition) is 4. The number of pyridine rings is 2. The highest BCUT2D eigenvalue weighted by molar-refractivity contribution is 5.94. The van der Waals surface area contributed by atoms with Crippen molar-refractivity contribution < 1.29 is 4.79 Å². The molecule has 0 saturated carbocycles. The van der Waals surface area contributed by atoms with Crippen LogP contribution in [0.1, 0.15) is 28.9 Å². The van der Waals surface area contributed by atoms with Crippen LogP contribution >= 0.6 is 0 Å². The standard InChI is InChI=1S/C20H19N5O/c26-19(15-4-1-9-21-14-15)24-12-7-20(8-13-24)17-6-3-11-25(17)18-16(23-20)5-2-10-22-18/h1-6,9-11,14,23H,7-8,12-13H2. The van der Waals surface area contributed by atoms with Gasteiger partial charge in [-0.05, 0) is 49.2 Å². The molecule has 6 heteroatoms. The Morgan fingerprint density at radius 3 is 2.73 bits per heavy atom. The summed E-state index contributed by atoms with van der Waals surface area (Å²) in [7, 11) is 0. The van der Waals surface area contributed by atoms with Crippen LogP contribution in [0.15, 0.2) is 61.2 Å². The maximum atomic E-state index is 12.7.